The maximum atomic E-state index is 12.8. The van der Waals surface area contributed by atoms with Crippen molar-refractivity contribution in [1.29, 1.82) is 5.26 Å². The first-order valence-corrected chi connectivity index (χ1v) is 12.5. The van der Waals surface area contributed by atoms with Crippen molar-refractivity contribution in [2.45, 2.75) is 43.7 Å². The molecule has 2 N–H and O–H groups in total. The summed E-state index contributed by atoms with van der Waals surface area (Å²) in [6.45, 7) is 3.71. The highest BCUT2D eigenvalue weighted by Gasteiger charge is 2.41. The van der Waals surface area contributed by atoms with Gasteiger partial charge < -0.3 is 19.9 Å². The fourth-order valence-corrected chi connectivity index (χ4v) is 4.37. The van der Waals surface area contributed by atoms with Crippen molar-refractivity contribution in [3.63, 3.8) is 0 Å². The molecule has 1 aliphatic rings. The summed E-state index contributed by atoms with van der Waals surface area (Å²) in [7, 11) is 0. The maximum absolute atomic E-state index is 12.8. The third-order valence-electron chi connectivity index (χ3n) is 5.89. The molecule has 186 valence electrons. The molecule has 0 unspecified atom stereocenters. The number of rotatable bonds is 7. The molecule has 9 nitrogen and oxygen atoms in total. The van der Waals surface area contributed by atoms with E-state index in [-0.39, 0.29) is 24.4 Å². The van der Waals surface area contributed by atoms with Crippen molar-refractivity contribution >= 4 is 29.5 Å². The number of nitrogens with zero attached hydrogens (tertiary/aromatic N) is 3. The summed E-state index contributed by atoms with van der Waals surface area (Å²) in [4.78, 5) is 25.4. The van der Waals surface area contributed by atoms with Crippen LogP contribution >= 0.6 is 11.8 Å². The lowest BCUT2D eigenvalue weighted by atomic mass is 10.1. The number of carbonyl (C=O) groups excluding carboxylic acids is 2. The van der Waals surface area contributed by atoms with E-state index in [1.54, 1.807) is 30.5 Å². The molecule has 0 radical (unpaired) electrons. The molecule has 1 aliphatic heterocycles. The van der Waals surface area contributed by atoms with Gasteiger partial charge in [0.2, 0.25) is 0 Å². The van der Waals surface area contributed by atoms with E-state index in [1.165, 1.54) is 16.4 Å². The van der Waals surface area contributed by atoms with E-state index in [9.17, 15) is 14.9 Å². The molecular formula is C26H26N4O5S. The standard InChI is InChI=1S/C26H26N4O5S/c1-15-4-8-17(9-5-15)25(31)33-14-21-20(35-26(32)18-10-6-16(2)7-11-18)12-22(34-21)30-23(28)19(13-27)24(29-30)36-3/h4-11,20-22H,12,14,28H2,1-3H3/t20-,21+,22+/m0/s1. The van der Waals surface area contributed by atoms with Gasteiger partial charge in [0.1, 0.15) is 41.3 Å². The first-order valence-electron chi connectivity index (χ1n) is 11.3. The Morgan fingerprint density at radius 2 is 1.69 bits per heavy atom. The SMILES string of the molecule is CSc1nn([C@H]2C[C@H](OC(=O)c3ccc(C)cc3)[C@@H](COC(=O)c3ccc(C)cc3)O2)c(N)c1C#N. The number of thioether (sulfide) groups is 1. The van der Waals surface area contributed by atoms with Gasteiger partial charge in [-0.2, -0.15) is 10.4 Å². The van der Waals surface area contributed by atoms with Crippen LogP contribution in [0, 0.1) is 25.2 Å². The average Bonchev–Trinajstić information content (AvgIpc) is 3.42. The minimum Gasteiger partial charge on any atom is -0.459 e. The number of benzene rings is 2. The van der Waals surface area contributed by atoms with Gasteiger partial charge in [0.15, 0.2) is 6.23 Å². The van der Waals surface area contributed by atoms with Gasteiger partial charge in [0.25, 0.3) is 0 Å². The molecule has 3 atom stereocenters. The monoisotopic (exact) mass is 506 g/mol. The Morgan fingerprint density at radius 1 is 1.11 bits per heavy atom. The van der Waals surface area contributed by atoms with Crippen LogP contribution in [0.1, 0.15) is 50.1 Å². The Hall–Kier alpha value is -3.81. The quantitative estimate of drug-likeness (QED) is 0.373. The molecule has 2 aromatic carbocycles. The summed E-state index contributed by atoms with van der Waals surface area (Å²) < 4.78 is 18.8. The highest BCUT2D eigenvalue weighted by Crippen LogP contribution is 2.35. The minimum absolute atomic E-state index is 0.142. The summed E-state index contributed by atoms with van der Waals surface area (Å²) >= 11 is 1.29. The van der Waals surface area contributed by atoms with Crippen molar-refractivity contribution in [2.75, 3.05) is 18.6 Å². The van der Waals surface area contributed by atoms with Crippen LogP contribution in [-0.2, 0) is 14.2 Å². The van der Waals surface area contributed by atoms with E-state index in [4.69, 9.17) is 19.9 Å². The largest absolute Gasteiger partial charge is 0.459 e. The zero-order valence-corrected chi connectivity index (χ0v) is 21.0. The zero-order chi connectivity index (χ0) is 25.8. The van der Waals surface area contributed by atoms with E-state index in [0.717, 1.165) is 11.1 Å². The molecule has 0 bridgehead atoms. The Kier molecular flexibility index (Phi) is 7.62. The van der Waals surface area contributed by atoms with Gasteiger partial charge in [-0.15, -0.1) is 11.8 Å². The molecule has 2 heterocycles. The van der Waals surface area contributed by atoms with Crippen molar-refractivity contribution in [1.82, 2.24) is 9.78 Å². The normalized spacial score (nSPS) is 19.0. The second-order valence-corrected chi connectivity index (χ2v) is 9.26. The molecule has 3 aromatic rings. The number of nitrogen functional groups attached to an aromatic ring is 1. The predicted molar refractivity (Wildman–Crippen MR) is 134 cm³/mol. The van der Waals surface area contributed by atoms with E-state index < -0.39 is 30.4 Å². The van der Waals surface area contributed by atoms with Gasteiger partial charge in [-0.25, -0.2) is 14.3 Å². The number of ether oxygens (including phenoxy) is 3. The number of esters is 2. The molecule has 0 aliphatic carbocycles. The van der Waals surface area contributed by atoms with Gasteiger partial charge in [-0.05, 0) is 44.4 Å². The number of hydrogen-bond donors (Lipinski definition) is 1. The van der Waals surface area contributed by atoms with Crippen LogP contribution in [0.2, 0.25) is 0 Å². The van der Waals surface area contributed by atoms with Gasteiger partial charge in [-0.1, -0.05) is 35.4 Å². The van der Waals surface area contributed by atoms with Crippen LogP contribution in [0.5, 0.6) is 0 Å². The Labute approximate surface area is 213 Å². The van der Waals surface area contributed by atoms with E-state index in [1.807, 2.05) is 38.1 Å². The molecule has 0 spiro atoms. The lowest BCUT2D eigenvalue weighted by Crippen LogP contribution is -2.32. The molecule has 1 saturated heterocycles. The van der Waals surface area contributed by atoms with E-state index in [0.29, 0.717) is 16.2 Å². The predicted octanol–water partition coefficient (Wildman–Crippen LogP) is 4.05. The zero-order valence-electron chi connectivity index (χ0n) is 20.1. The second-order valence-electron chi connectivity index (χ2n) is 8.47. The summed E-state index contributed by atoms with van der Waals surface area (Å²) in [5, 5.41) is 14.3. The molecule has 4 rings (SSSR count). The van der Waals surface area contributed by atoms with Crippen LogP contribution in [0.25, 0.3) is 0 Å². The summed E-state index contributed by atoms with van der Waals surface area (Å²) in [5.41, 5.74) is 9.27. The average molecular weight is 507 g/mol. The third-order valence-corrected chi connectivity index (χ3v) is 6.56. The number of aromatic nitrogens is 2. The first kappa shape index (κ1) is 25.3. The number of anilines is 1. The van der Waals surface area contributed by atoms with Crippen LogP contribution in [-0.4, -0.2) is 46.8 Å². The Bertz CT molecular complexity index is 1300. The number of nitrogens with two attached hydrogens (primary N) is 1. The highest BCUT2D eigenvalue weighted by molar-refractivity contribution is 7.98. The molecule has 0 amide bonds. The van der Waals surface area contributed by atoms with Crippen LogP contribution < -0.4 is 5.73 Å². The van der Waals surface area contributed by atoms with Crippen molar-refractivity contribution in [3.05, 3.63) is 76.3 Å². The van der Waals surface area contributed by atoms with Crippen LogP contribution in [0.4, 0.5) is 5.82 Å². The fraction of sp³-hybridized carbons (Fsp3) is 0.308. The lowest BCUT2D eigenvalue weighted by molar-refractivity contribution is -0.0596. The molecule has 1 fully saturated rings. The number of nitriles is 1. The van der Waals surface area contributed by atoms with Crippen LogP contribution in [0.15, 0.2) is 53.6 Å². The van der Waals surface area contributed by atoms with E-state index >= 15 is 0 Å². The summed E-state index contributed by atoms with van der Waals surface area (Å²) in [5.74, 6) is -0.872. The van der Waals surface area contributed by atoms with Gasteiger partial charge in [-0.3, -0.25) is 0 Å². The van der Waals surface area contributed by atoms with Gasteiger partial charge >= 0.3 is 11.9 Å². The summed E-state index contributed by atoms with van der Waals surface area (Å²) in [6, 6.07) is 16.1. The Morgan fingerprint density at radius 3 is 2.22 bits per heavy atom. The third kappa shape index (κ3) is 5.37. The summed E-state index contributed by atoms with van der Waals surface area (Å²) in [6.07, 6.45) is -0.194. The molecule has 36 heavy (non-hydrogen) atoms. The van der Waals surface area contributed by atoms with Gasteiger partial charge in [0, 0.05) is 6.42 Å². The lowest BCUT2D eigenvalue weighted by Gasteiger charge is -2.19. The van der Waals surface area contributed by atoms with Gasteiger partial charge in [0.05, 0.1) is 11.1 Å². The maximum Gasteiger partial charge on any atom is 0.338 e. The second kappa shape index (κ2) is 10.8. The van der Waals surface area contributed by atoms with Crippen molar-refractivity contribution in [2.24, 2.45) is 0 Å². The van der Waals surface area contributed by atoms with Crippen molar-refractivity contribution in [3.8, 4) is 6.07 Å². The molecule has 1 aromatic heterocycles. The van der Waals surface area contributed by atoms with E-state index in [2.05, 4.69) is 11.2 Å². The Balaban J connectivity index is 1.54. The number of aryl methyl sites for hydroxylation is 2. The highest BCUT2D eigenvalue weighted by atomic mass is 32.2. The molecular weight excluding hydrogens is 480 g/mol. The fourth-order valence-electron chi connectivity index (χ4n) is 3.84. The molecule has 10 heteroatoms. The van der Waals surface area contributed by atoms with Crippen LogP contribution in [0.3, 0.4) is 0 Å². The first-order chi connectivity index (χ1) is 17.3. The number of hydrogen-bond acceptors (Lipinski definition) is 9. The molecule has 0 saturated carbocycles. The minimum atomic E-state index is -0.759. The number of carbonyl (C=O) groups is 2. The smallest absolute Gasteiger partial charge is 0.338 e. The topological polar surface area (TPSA) is 129 Å². The van der Waals surface area contributed by atoms with Crippen molar-refractivity contribution < 1.29 is 23.8 Å².